The molecule has 0 aliphatic carbocycles. The molecule has 0 atom stereocenters. The molecular weight excluding hydrogens is 288 g/mol. The molecule has 0 spiro atoms. The van der Waals surface area contributed by atoms with Crippen LogP contribution in [0.3, 0.4) is 0 Å². The van der Waals surface area contributed by atoms with E-state index in [-0.39, 0.29) is 10.7 Å². The Labute approximate surface area is 125 Å². The van der Waals surface area contributed by atoms with E-state index in [0.717, 1.165) is 17.5 Å². The molecule has 2 aromatic rings. The Morgan fingerprint density at radius 1 is 1.33 bits per heavy atom. The second kappa shape index (κ2) is 5.77. The molecule has 0 aliphatic heterocycles. The summed E-state index contributed by atoms with van der Waals surface area (Å²) < 4.78 is 29.0. The molecule has 0 saturated heterocycles. The summed E-state index contributed by atoms with van der Waals surface area (Å²) in [4.78, 5) is 0.0101. The van der Waals surface area contributed by atoms with Gasteiger partial charge in [-0.15, -0.1) is 0 Å². The van der Waals surface area contributed by atoms with Crippen molar-refractivity contribution in [3.05, 3.63) is 35.5 Å². The number of rotatable bonds is 5. The molecule has 0 radical (unpaired) electrons. The Balaban J connectivity index is 2.34. The zero-order chi connectivity index (χ0) is 15.6. The molecule has 114 valence electrons. The number of anilines is 2. The van der Waals surface area contributed by atoms with Gasteiger partial charge in [-0.05, 0) is 31.9 Å². The molecule has 21 heavy (non-hydrogen) atoms. The lowest BCUT2D eigenvalue weighted by molar-refractivity contribution is 0.595. The molecule has 0 fully saturated rings. The highest BCUT2D eigenvalue weighted by Crippen LogP contribution is 2.23. The zero-order valence-corrected chi connectivity index (χ0v) is 13.2. The van der Waals surface area contributed by atoms with Crippen molar-refractivity contribution in [2.24, 2.45) is 0 Å². The van der Waals surface area contributed by atoms with Gasteiger partial charge in [0.1, 0.15) is 4.90 Å². The van der Waals surface area contributed by atoms with Gasteiger partial charge in [0.25, 0.3) is 10.0 Å². The number of aryl methyl sites for hydroxylation is 3. The van der Waals surface area contributed by atoms with E-state index in [4.69, 9.17) is 5.73 Å². The predicted molar refractivity (Wildman–Crippen MR) is 83.7 cm³/mol. The standard InChI is InChI=1S/C14H20N4O2S/c1-4-7-18-9-13(14(15)16-18)21(19,20)17-12-6-5-10(2)8-11(12)3/h5-6,8-9,17H,4,7H2,1-3H3,(H2,15,16). The van der Waals surface area contributed by atoms with Crippen molar-refractivity contribution in [2.75, 3.05) is 10.5 Å². The highest BCUT2D eigenvalue weighted by atomic mass is 32.2. The maximum atomic E-state index is 12.4. The van der Waals surface area contributed by atoms with Gasteiger partial charge < -0.3 is 5.73 Å². The summed E-state index contributed by atoms with van der Waals surface area (Å²) in [6, 6.07) is 5.52. The summed E-state index contributed by atoms with van der Waals surface area (Å²) in [6.45, 7) is 6.43. The average molecular weight is 308 g/mol. The number of nitrogens with one attached hydrogen (secondary N) is 1. The summed E-state index contributed by atoms with van der Waals surface area (Å²) >= 11 is 0. The number of benzene rings is 1. The maximum Gasteiger partial charge on any atom is 0.267 e. The topological polar surface area (TPSA) is 90.0 Å². The van der Waals surface area contributed by atoms with Crippen LogP contribution < -0.4 is 10.5 Å². The van der Waals surface area contributed by atoms with E-state index in [1.807, 2.05) is 32.9 Å². The number of nitrogen functional groups attached to an aromatic ring is 1. The fraction of sp³-hybridized carbons (Fsp3) is 0.357. The first-order valence-corrected chi connectivity index (χ1v) is 8.25. The van der Waals surface area contributed by atoms with Crippen molar-refractivity contribution < 1.29 is 8.42 Å². The Hall–Kier alpha value is -2.02. The second-order valence-corrected chi connectivity index (χ2v) is 6.72. The van der Waals surface area contributed by atoms with Gasteiger partial charge in [-0.3, -0.25) is 9.40 Å². The summed E-state index contributed by atoms with van der Waals surface area (Å²) in [5.41, 5.74) is 8.20. The van der Waals surface area contributed by atoms with Gasteiger partial charge in [-0.1, -0.05) is 24.6 Å². The van der Waals surface area contributed by atoms with E-state index in [0.29, 0.717) is 12.2 Å². The SMILES string of the molecule is CCCn1cc(S(=O)(=O)Nc2ccc(C)cc2C)c(N)n1. The lowest BCUT2D eigenvalue weighted by Crippen LogP contribution is -2.14. The van der Waals surface area contributed by atoms with Crippen molar-refractivity contribution in [3.8, 4) is 0 Å². The van der Waals surface area contributed by atoms with Crippen molar-refractivity contribution in [1.29, 1.82) is 0 Å². The number of hydrogen-bond donors (Lipinski definition) is 2. The molecule has 0 bridgehead atoms. The fourth-order valence-corrected chi connectivity index (χ4v) is 3.30. The van der Waals surface area contributed by atoms with E-state index < -0.39 is 10.0 Å². The normalized spacial score (nSPS) is 11.6. The summed E-state index contributed by atoms with van der Waals surface area (Å²) in [5.74, 6) is 0.0146. The fourth-order valence-electron chi connectivity index (χ4n) is 2.10. The minimum atomic E-state index is -3.74. The van der Waals surface area contributed by atoms with E-state index in [1.165, 1.54) is 6.20 Å². The molecular formula is C14H20N4O2S. The van der Waals surface area contributed by atoms with E-state index in [9.17, 15) is 8.42 Å². The third-order valence-electron chi connectivity index (χ3n) is 3.12. The maximum absolute atomic E-state index is 12.4. The molecule has 0 aliphatic rings. The van der Waals surface area contributed by atoms with Gasteiger partial charge in [0.2, 0.25) is 0 Å². The Morgan fingerprint density at radius 2 is 2.05 bits per heavy atom. The molecule has 0 unspecified atom stereocenters. The molecule has 1 aromatic carbocycles. The van der Waals surface area contributed by atoms with Crippen molar-refractivity contribution >= 4 is 21.5 Å². The molecule has 0 amide bonds. The first-order chi connectivity index (χ1) is 9.83. The molecule has 1 heterocycles. The van der Waals surface area contributed by atoms with Gasteiger partial charge in [0, 0.05) is 12.7 Å². The smallest absolute Gasteiger partial charge is 0.267 e. The summed E-state index contributed by atoms with van der Waals surface area (Å²) in [7, 11) is -3.74. The second-order valence-electron chi connectivity index (χ2n) is 5.07. The van der Waals surface area contributed by atoms with Crippen LogP contribution in [0.5, 0.6) is 0 Å². The van der Waals surface area contributed by atoms with Crippen LogP contribution in [0, 0.1) is 13.8 Å². The number of sulfonamides is 1. The Morgan fingerprint density at radius 3 is 2.67 bits per heavy atom. The Bertz CT molecular complexity index is 750. The highest BCUT2D eigenvalue weighted by molar-refractivity contribution is 7.92. The highest BCUT2D eigenvalue weighted by Gasteiger charge is 2.21. The van der Waals surface area contributed by atoms with Crippen LogP contribution in [-0.4, -0.2) is 18.2 Å². The van der Waals surface area contributed by atoms with Gasteiger partial charge in [0.05, 0.1) is 5.69 Å². The average Bonchev–Trinajstić information content (AvgIpc) is 2.75. The monoisotopic (exact) mass is 308 g/mol. The number of nitrogens with zero attached hydrogens (tertiary/aromatic N) is 2. The van der Waals surface area contributed by atoms with Crippen LogP contribution in [0.15, 0.2) is 29.3 Å². The minimum Gasteiger partial charge on any atom is -0.381 e. The number of hydrogen-bond acceptors (Lipinski definition) is 4. The molecule has 0 saturated carbocycles. The van der Waals surface area contributed by atoms with E-state index in [2.05, 4.69) is 9.82 Å². The first kappa shape index (κ1) is 15.4. The summed E-state index contributed by atoms with van der Waals surface area (Å²) in [6.07, 6.45) is 2.32. The third kappa shape index (κ3) is 3.36. The summed E-state index contributed by atoms with van der Waals surface area (Å²) in [5, 5.41) is 4.02. The molecule has 1 aromatic heterocycles. The lowest BCUT2D eigenvalue weighted by atomic mass is 10.1. The lowest BCUT2D eigenvalue weighted by Gasteiger charge is -2.10. The number of aromatic nitrogens is 2. The quantitative estimate of drug-likeness (QED) is 0.886. The molecule has 2 rings (SSSR count). The van der Waals surface area contributed by atoms with E-state index >= 15 is 0 Å². The van der Waals surface area contributed by atoms with Crippen LogP contribution in [0.1, 0.15) is 24.5 Å². The van der Waals surface area contributed by atoms with Gasteiger partial charge in [-0.25, -0.2) is 8.42 Å². The first-order valence-electron chi connectivity index (χ1n) is 6.76. The van der Waals surface area contributed by atoms with Crippen LogP contribution in [0.4, 0.5) is 11.5 Å². The Kier molecular flexibility index (Phi) is 4.22. The zero-order valence-electron chi connectivity index (χ0n) is 12.4. The third-order valence-corrected chi connectivity index (χ3v) is 4.51. The molecule has 7 heteroatoms. The van der Waals surface area contributed by atoms with Crippen LogP contribution >= 0.6 is 0 Å². The van der Waals surface area contributed by atoms with Crippen molar-refractivity contribution in [3.63, 3.8) is 0 Å². The largest absolute Gasteiger partial charge is 0.381 e. The van der Waals surface area contributed by atoms with Crippen LogP contribution in [0.25, 0.3) is 0 Å². The van der Waals surface area contributed by atoms with Crippen molar-refractivity contribution in [1.82, 2.24) is 9.78 Å². The minimum absolute atomic E-state index is 0.0101. The van der Waals surface area contributed by atoms with Gasteiger partial charge >= 0.3 is 0 Å². The number of nitrogens with two attached hydrogens (primary N) is 1. The predicted octanol–water partition coefficient (Wildman–Crippen LogP) is 2.29. The van der Waals surface area contributed by atoms with Gasteiger partial charge in [-0.2, -0.15) is 5.10 Å². The van der Waals surface area contributed by atoms with Crippen LogP contribution in [0.2, 0.25) is 0 Å². The van der Waals surface area contributed by atoms with Crippen molar-refractivity contribution in [2.45, 2.75) is 38.6 Å². The molecule has 3 N–H and O–H groups in total. The molecule has 6 nitrogen and oxygen atoms in total. The van der Waals surface area contributed by atoms with Crippen LogP contribution in [-0.2, 0) is 16.6 Å². The van der Waals surface area contributed by atoms with Gasteiger partial charge in [0.15, 0.2) is 5.82 Å². The van der Waals surface area contributed by atoms with E-state index in [1.54, 1.807) is 10.7 Å².